The Hall–Kier alpha value is -1.47. The van der Waals surface area contributed by atoms with E-state index in [9.17, 15) is 4.79 Å². The van der Waals surface area contributed by atoms with Crippen LogP contribution in [0.4, 0.5) is 5.13 Å². The Labute approximate surface area is 160 Å². The molecule has 0 aromatic carbocycles. The third-order valence-corrected chi connectivity index (χ3v) is 6.20. The van der Waals surface area contributed by atoms with Gasteiger partial charge in [-0.25, -0.2) is 10.4 Å². The molecule has 2 fully saturated rings. The first-order valence-electron chi connectivity index (χ1n) is 9.65. The van der Waals surface area contributed by atoms with Crippen molar-refractivity contribution in [3.8, 4) is 0 Å². The molecule has 7 heteroatoms. The molecule has 1 aromatic rings. The van der Waals surface area contributed by atoms with Gasteiger partial charge in [0, 0.05) is 30.1 Å². The minimum absolute atomic E-state index is 0.0861. The van der Waals surface area contributed by atoms with E-state index in [1.807, 2.05) is 5.38 Å². The topological polar surface area (TPSA) is 66.8 Å². The zero-order chi connectivity index (χ0) is 18.5. The smallest absolute Gasteiger partial charge is 0.246 e. The van der Waals surface area contributed by atoms with Gasteiger partial charge in [0.25, 0.3) is 0 Å². The third-order valence-electron chi connectivity index (χ3n) is 5.25. The van der Waals surface area contributed by atoms with Crippen molar-refractivity contribution >= 4 is 28.1 Å². The molecule has 0 bridgehead atoms. The van der Waals surface area contributed by atoms with E-state index >= 15 is 0 Å². The second kappa shape index (κ2) is 8.95. The largest absolute Gasteiger partial charge is 0.378 e. The summed E-state index contributed by atoms with van der Waals surface area (Å²) in [5.74, 6) is 1.61. The number of anilines is 1. The number of aromatic nitrogens is 1. The summed E-state index contributed by atoms with van der Waals surface area (Å²) in [4.78, 5) is 19.1. The van der Waals surface area contributed by atoms with E-state index in [0.717, 1.165) is 49.3 Å². The summed E-state index contributed by atoms with van der Waals surface area (Å²) < 4.78 is 5.37. The Kier molecular flexibility index (Phi) is 6.64. The first kappa shape index (κ1) is 19.3. The molecule has 1 aromatic heterocycles. The summed E-state index contributed by atoms with van der Waals surface area (Å²) in [6.45, 7) is 9.94. The van der Waals surface area contributed by atoms with Crippen LogP contribution < -0.4 is 10.3 Å². The van der Waals surface area contributed by atoms with Crippen LogP contribution in [0.2, 0.25) is 0 Å². The fourth-order valence-corrected chi connectivity index (χ4v) is 4.58. The first-order chi connectivity index (χ1) is 12.5. The van der Waals surface area contributed by atoms with Crippen LogP contribution in [0, 0.1) is 17.8 Å². The quantitative estimate of drug-likeness (QED) is 0.800. The van der Waals surface area contributed by atoms with E-state index in [4.69, 9.17) is 4.74 Å². The van der Waals surface area contributed by atoms with E-state index in [2.05, 4.69) is 41.2 Å². The van der Waals surface area contributed by atoms with E-state index < -0.39 is 0 Å². The Morgan fingerprint density at radius 1 is 1.42 bits per heavy atom. The lowest BCUT2D eigenvalue weighted by molar-refractivity contribution is -0.120. The predicted octanol–water partition coefficient (Wildman–Crippen LogP) is 3.09. The van der Waals surface area contributed by atoms with Crippen LogP contribution in [-0.2, 0) is 16.0 Å². The van der Waals surface area contributed by atoms with Gasteiger partial charge in [-0.2, -0.15) is 5.10 Å². The highest BCUT2D eigenvalue weighted by molar-refractivity contribution is 7.13. The molecule has 1 N–H and O–H groups in total. The normalized spacial score (nSPS) is 25.7. The van der Waals surface area contributed by atoms with Crippen molar-refractivity contribution in [2.24, 2.45) is 22.9 Å². The van der Waals surface area contributed by atoms with Gasteiger partial charge < -0.3 is 9.64 Å². The molecule has 2 aliphatic rings. The van der Waals surface area contributed by atoms with Gasteiger partial charge in [-0.15, -0.1) is 11.3 Å². The molecule has 0 radical (unpaired) electrons. The lowest BCUT2D eigenvalue weighted by atomic mass is 9.76. The van der Waals surface area contributed by atoms with Crippen molar-refractivity contribution in [1.29, 1.82) is 0 Å². The summed E-state index contributed by atoms with van der Waals surface area (Å²) >= 11 is 1.59. The maximum atomic E-state index is 12.3. The highest BCUT2D eigenvalue weighted by Gasteiger charge is 2.27. The van der Waals surface area contributed by atoms with Gasteiger partial charge in [0.05, 0.1) is 25.3 Å². The lowest BCUT2D eigenvalue weighted by Gasteiger charge is -2.30. The monoisotopic (exact) mass is 378 g/mol. The Morgan fingerprint density at radius 2 is 2.19 bits per heavy atom. The van der Waals surface area contributed by atoms with E-state index in [-0.39, 0.29) is 12.3 Å². The van der Waals surface area contributed by atoms with Gasteiger partial charge in [-0.3, -0.25) is 4.79 Å². The lowest BCUT2D eigenvalue weighted by Crippen LogP contribution is -2.36. The maximum absolute atomic E-state index is 12.3. The van der Waals surface area contributed by atoms with Crippen molar-refractivity contribution in [3.05, 3.63) is 11.1 Å². The zero-order valence-electron chi connectivity index (χ0n) is 16.0. The van der Waals surface area contributed by atoms with Crippen molar-refractivity contribution in [2.45, 2.75) is 46.5 Å². The molecule has 3 rings (SSSR count). The van der Waals surface area contributed by atoms with Gasteiger partial charge in [-0.05, 0) is 31.1 Å². The van der Waals surface area contributed by atoms with E-state index in [1.165, 1.54) is 12.8 Å². The average Bonchev–Trinajstić information content (AvgIpc) is 3.09. The number of rotatable bonds is 5. The summed E-state index contributed by atoms with van der Waals surface area (Å²) in [5, 5.41) is 7.44. The second-order valence-corrected chi connectivity index (χ2v) is 8.61. The molecule has 2 heterocycles. The van der Waals surface area contributed by atoms with Crippen LogP contribution in [-0.4, -0.2) is 42.9 Å². The molecular formula is C19H30N4O2S. The van der Waals surface area contributed by atoms with Crippen molar-refractivity contribution in [1.82, 2.24) is 10.4 Å². The fraction of sp³-hybridized carbons (Fsp3) is 0.737. The van der Waals surface area contributed by atoms with Gasteiger partial charge in [0.1, 0.15) is 0 Å². The maximum Gasteiger partial charge on any atom is 0.246 e. The molecule has 0 unspecified atom stereocenters. The number of morpholine rings is 1. The summed E-state index contributed by atoms with van der Waals surface area (Å²) in [7, 11) is 0. The van der Waals surface area contributed by atoms with Crippen LogP contribution >= 0.6 is 11.3 Å². The highest BCUT2D eigenvalue weighted by Crippen LogP contribution is 2.31. The molecule has 2 atom stereocenters. The molecule has 1 saturated heterocycles. The third kappa shape index (κ3) is 5.04. The molecule has 144 valence electrons. The van der Waals surface area contributed by atoms with Gasteiger partial charge in [0.15, 0.2) is 5.13 Å². The van der Waals surface area contributed by atoms with E-state index in [1.54, 1.807) is 11.3 Å². The van der Waals surface area contributed by atoms with Gasteiger partial charge >= 0.3 is 0 Å². The molecule has 6 nitrogen and oxygen atoms in total. The summed E-state index contributed by atoms with van der Waals surface area (Å²) in [5.41, 5.74) is 4.74. The number of hydrogen-bond donors (Lipinski definition) is 1. The minimum atomic E-state index is -0.0861. The van der Waals surface area contributed by atoms with Crippen LogP contribution in [0.5, 0.6) is 0 Å². The number of carbonyl (C=O) groups is 1. The Balaban J connectivity index is 1.55. The molecular weight excluding hydrogens is 348 g/mol. The summed E-state index contributed by atoms with van der Waals surface area (Å²) in [6.07, 6.45) is 3.68. The number of nitrogens with one attached hydrogen (secondary N) is 1. The Morgan fingerprint density at radius 3 is 2.92 bits per heavy atom. The number of hydrazone groups is 1. The summed E-state index contributed by atoms with van der Waals surface area (Å²) in [6, 6.07) is 0. The average molecular weight is 379 g/mol. The predicted molar refractivity (Wildman–Crippen MR) is 106 cm³/mol. The van der Waals surface area contributed by atoms with E-state index in [0.29, 0.717) is 17.8 Å². The van der Waals surface area contributed by atoms with Crippen LogP contribution in [0.15, 0.2) is 10.5 Å². The van der Waals surface area contributed by atoms with Crippen molar-refractivity contribution in [2.75, 3.05) is 31.2 Å². The highest BCUT2D eigenvalue weighted by atomic mass is 32.1. The molecule has 1 saturated carbocycles. The number of amides is 1. The number of hydrogen-bond acceptors (Lipinski definition) is 6. The van der Waals surface area contributed by atoms with Crippen molar-refractivity contribution < 1.29 is 9.53 Å². The molecule has 1 aliphatic heterocycles. The SMILES string of the molecule is CC(C)[C@H]1CC[C@H](C)CC1=NNC(=O)Cc1csc(N2CCOCC2)n1. The zero-order valence-corrected chi connectivity index (χ0v) is 16.8. The number of nitrogens with zero attached hydrogens (tertiary/aromatic N) is 3. The van der Waals surface area contributed by atoms with Gasteiger partial charge in [-0.1, -0.05) is 20.8 Å². The van der Waals surface area contributed by atoms with Crippen LogP contribution in [0.25, 0.3) is 0 Å². The molecule has 26 heavy (non-hydrogen) atoms. The number of thiazole rings is 1. The number of carbonyl (C=O) groups excluding carboxylic acids is 1. The van der Waals surface area contributed by atoms with Crippen LogP contribution in [0.3, 0.4) is 0 Å². The molecule has 1 aliphatic carbocycles. The van der Waals surface area contributed by atoms with Gasteiger partial charge in [0.2, 0.25) is 5.91 Å². The minimum Gasteiger partial charge on any atom is -0.378 e. The molecule has 1 amide bonds. The first-order valence-corrected chi connectivity index (χ1v) is 10.5. The second-order valence-electron chi connectivity index (χ2n) is 7.77. The molecule has 0 spiro atoms. The van der Waals surface area contributed by atoms with Crippen molar-refractivity contribution in [3.63, 3.8) is 0 Å². The number of ether oxygens (including phenoxy) is 1. The van der Waals surface area contributed by atoms with Crippen LogP contribution in [0.1, 0.15) is 45.7 Å². The fourth-order valence-electron chi connectivity index (χ4n) is 3.70. The Bertz CT molecular complexity index is 637. The standard InChI is InChI=1S/C19H30N4O2S/c1-13(2)16-5-4-14(3)10-17(16)21-22-18(24)11-15-12-26-19(20-15)23-6-8-25-9-7-23/h12-14,16H,4-11H2,1-3H3,(H,22,24)/t14-,16+/m0/s1.